The molecule has 2 rings (SSSR count). The molecule has 1 aliphatic carbocycles. The zero-order valence-corrected chi connectivity index (χ0v) is 12.2. The van der Waals surface area contributed by atoms with Crippen molar-refractivity contribution in [2.75, 3.05) is 6.54 Å². The highest BCUT2D eigenvalue weighted by atomic mass is 16.3. The Kier molecular flexibility index (Phi) is 4.65. The van der Waals surface area contributed by atoms with Crippen LogP contribution in [-0.4, -0.2) is 39.1 Å². The molecule has 2 atom stereocenters. The number of hydrogen-bond donors (Lipinski definition) is 3. The van der Waals surface area contributed by atoms with Gasteiger partial charge in [0.25, 0.3) is 0 Å². The first-order valence-electron chi connectivity index (χ1n) is 7.21. The molecule has 1 aliphatic rings. The summed E-state index contributed by atoms with van der Waals surface area (Å²) in [7, 11) is 0. The lowest BCUT2D eigenvalue weighted by Crippen LogP contribution is -2.50. The van der Waals surface area contributed by atoms with Crippen LogP contribution in [0.2, 0.25) is 0 Å². The van der Waals surface area contributed by atoms with Crippen molar-refractivity contribution in [1.29, 1.82) is 0 Å². The van der Waals surface area contributed by atoms with Gasteiger partial charge >= 0.3 is 6.03 Å². The largest absolute Gasteiger partial charge is 0.389 e. The van der Waals surface area contributed by atoms with Gasteiger partial charge in [0.05, 0.1) is 17.7 Å². The zero-order chi connectivity index (χ0) is 14.6. The van der Waals surface area contributed by atoms with Crippen LogP contribution in [0.25, 0.3) is 0 Å². The Morgan fingerprint density at radius 2 is 2.20 bits per heavy atom. The van der Waals surface area contributed by atoms with Crippen LogP contribution in [0.15, 0.2) is 18.5 Å². The predicted octanol–water partition coefficient (Wildman–Crippen LogP) is 1.44. The van der Waals surface area contributed by atoms with Crippen molar-refractivity contribution in [3.63, 3.8) is 0 Å². The Morgan fingerprint density at radius 3 is 2.85 bits per heavy atom. The van der Waals surface area contributed by atoms with E-state index in [0.29, 0.717) is 0 Å². The first-order chi connectivity index (χ1) is 9.46. The van der Waals surface area contributed by atoms with Crippen molar-refractivity contribution in [3.05, 3.63) is 18.5 Å². The van der Waals surface area contributed by atoms with Crippen molar-refractivity contribution < 1.29 is 9.90 Å². The summed E-state index contributed by atoms with van der Waals surface area (Å²) in [5.74, 6) is 0. The number of amides is 2. The van der Waals surface area contributed by atoms with Gasteiger partial charge in [0.1, 0.15) is 0 Å². The molecule has 0 spiro atoms. The lowest BCUT2D eigenvalue weighted by molar-refractivity contribution is 0.0814. The molecule has 1 saturated carbocycles. The summed E-state index contributed by atoms with van der Waals surface area (Å²) in [5.41, 5.74) is -0.898. The van der Waals surface area contributed by atoms with Gasteiger partial charge in [-0.25, -0.2) is 4.79 Å². The molecule has 0 aliphatic heterocycles. The normalized spacial score (nSPS) is 23.4. The van der Waals surface area contributed by atoms with Crippen LogP contribution in [-0.2, 0) is 0 Å². The van der Waals surface area contributed by atoms with Gasteiger partial charge in [0.15, 0.2) is 0 Å². The first kappa shape index (κ1) is 14.8. The lowest BCUT2D eigenvalue weighted by Gasteiger charge is -2.32. The molecule has 6 nitrogen and oxygen atoms in total. The van der Waals surface area contributed by atoms with Gasteiger partial charge in [-0.2, -0.15) is 5.10 Å². The van der Waals surface area contributed by atoms with Gasteiger partial charge in [-0.05, 0) is 32.8 Å². The van der Waals surface area contributed by atoms with Crippen molar-refractivity contribution in [2.24, 2.45) is 0 Å². The molecular weight excluding hydrogens is 256 g/mol. The highest BCUT2D eigenvalue weighted by Crippen LogP contribution is 2.27. The minimum atomic E-state index is -0.898. The topological polar surface area (TPSA) is 79.2 Å². The van der Waals surface area contributed by atoms with Crippen LogP contribution < -0.4 is 10.6 Å². The summed E-state index contributed by atoms with van der Waals surface area (Å²) in [4.78, 5) is 11.9. The molecule has 112 valence electrons. The van der Waals surface area contributed by atoms with E-state index in [1.54, 1.807) is 20.0 Å². The van der Waals surface area contributed by atoms with E-state index in [9.17, 15) is 9.90 Å². The molecule has 2 amide bonds. The highest BCUT2D eigenvalue weighted by Gasteiger charge is 2.28. The standard InChI is InChI=1S/C14H24N4O2/c1-14(2,20)10-15-13(19)17-11-6-3-4-7-12(11)18-9-5-8-16-18/h5,8-9,11-12,20H,3-4,6-7,10H2,1-2H3,(H2,15,17,19)/t11-,12-/m0/s1. The zero-order valence-electron chi connectivity index (χ0n) is 12.2. The van der Waals surface area contributed by atoms with Crippen LogP contribution in [0, 0.1) is 0 Å². The minimum Gasteiger partial charge on any atom is -0.389 e. The Balaban J connectivity index is 1.90. The predicted molar refractivity (Wildman–Crippen MR) is 76.4 cm³/mol. The van der Waals surface area contributed by atoms with E-state index in [2.05, 4.69) is 15.7 Å². The number of aromatic nitrogens is 2. The second-order valence-corrected chi connectivity index (χ2v) is 6.08. The Bertz CT molecular complexity index is 425. The van der Waals surface area contributed by atoms with Crippen LogP contribution in [0.3, 0.4) is 0 Å². The molecule has 1 heterocycles. The molecule has 0 unspecified atom stereocenters. The van der Waals surface area contributed by atoms with E-state index in [-0.39, 0.29) is 24.7 Å². The summed E-state index contributed by atoms with van der Waals surface area (Å²) in [5, 5.41) is 19.6. The van der Waals surface area contributed by atoms with Gasteiger partial charge in [0.2, 0.25) is 0 Å². The number of hydrogen-bond acceptors (Lipinski definition) is 3. The number of nitrogens with zero attached hydrogens (tertiary/aromatic N) is 2. The van der Waals surface area contributed by atoms with E-state index in [1.165, 1.54) is 0 Å². The summed E-state index contributed by atoms with van der Waals surface area (Å²) >= 11 is 0. The van der Waals surface area contributed by atoms with E-state index < -0.39 is 5.60 Å². The molecule has 0 radical (unpaired) electrons. The fourth-order valence-corrected chi connectivity index (χ4v) is 2.59. The quantitative estimate of drug-likeness (QED) is 0.780. The molecule has 20 heavy (non-hydrogen) atoms. The fourth-order valence-electron chi connectivity index (χ4n) is 2.59. The molecule has 0 aromatic carbocycles. The number of nitrogens with one attached hydrogen (secondary N) is 2. The third-order valence-electron chi connectivity index (χ3n) is 3.59. The van der Waals surface area contributed by atoms with Gasteiger partial charge in [0, 0.05) is 18.9 Å². The van der Waals surface area contributed by atoms with Crippen molar-refractivity contribution in [3.8, 4) is 0 Å². The molecule has 6 heteroatoms. The molecule has 0 bridgehead atoms. The number of carbonyl (C=O) groups is 1. The van der Waals surface area contributed by atoms with Gasteiger partial charge in [-0.1, -0.05) is 12.8 Å². The smallest absolute Gasteiger partial charge is 0.315 e. The molecule has 1 aromatic rings. The maximum atomic E-state index is 11.9. The third-order valence-corrected chi connectivity index (χ3v) is 3.59. The van der Waals surface area contributed by atoms with Crippen molar-refractivity contribution in [1.82, 2.24) is 20.4 Å². The second-order valence-electron chi connectivity index (χ2n) is 6.08. The van der Waals surface area contributed by atoms with Crippen molar-refractivity contribution in [2.45, 2.75) is 57.2 Å². The average molecular weight is 280 g/mol. The fraction of sp³-hybridized carbons (Fsp3) is 0.714. The van der Waals surface area contributed by atoms with Crippen LogP contribution in [0.4, 0.5) is 4.79 Å². The lowest BCUT2D eigenvalue weighted by atomic mass is 9.90. The first-order valence-corrected chi connectivity index (χ1v) is 7.21. The molecule has 0 saturated heterocycles. The third kappa shape index (κ3) is 4.23. The van der Waals surface area contributed by atoms with E-state index in [4.69, 9.17) is 0 Å². The maximum absolute atomic E-state index is 11.9. The highest BCUT2D eigenvalue weighted by molar-refractivity contribution is 5.74. The molecule has 1 aromatic heterocycles. The van der Waals surface area contributed by atoms with E-state index in [0.717, 1.165) is 25.7 Å². The van der Waals surface area contributed by atoms with Crippen LogP contribution in [0.1, 0.15) is 45.6 Å². The SMILES string of the molecule is CC(C)(O)CNC(=O)N[C@H]1CCCC[C@@H]1n1cccn1. The van der Waals surface area contributed by atoms with E-state index >= 15 is 0 Å². The molecule has 1 fully saturated rings. The summed E-state index contributed by atoms with van der Waals surface area (Å²) in [6.07, 6.45) is 7.97. The average Bonchev–Trinajstić information content (AvgIpc) is 2.90. The summed E-state index contributed by atoms with van der Waals surface area (Å²) in [6.45, 7) is 3.57. The van der Waals surface area contributed by atoms with Gasteiger partial charge in [-0.3, -0.25) is 4.68 Å². The Morgan fingerprint density at radius 1 is 1.45 bits per heavy atom. The van der Waals surface area contributed by atoms with Crippen LogP contribution in [0.5, 0.6) is 0 Å². The second kappa shape index (κ2) is 6.26. The number of urea groups is 1. The Hall–Kier alpha value is -1.56. The van der Waals surface area contributed by atoms with Crippen molar-refractivity contribution >= 4 is 6.03 Å². The summed E-state index contributed by atoms with van der Waals surface area (Å²) < 4.78 is 1.93. The van der Waals surface area contributed by atoms with Gasteiger partial charge in [-0.15, -0.1) is 0 Å². The number of rotatable bonds is 4. The van der Waals surface area contributed by atoms with Crippen LogP contribution >= 0.6 is 0 Å². The monoisotopic (exact) mass is 280 g/mol. The Labute approximate surface area is 119 Å². The number of carbonyl (C=O) groups excluding carboxylic acids is 1. The minimum absolute atomic E-state index is 0.0884. The van der Waals surface area contributed by atoms with E-state index in [1.807, 2.05) is 16.9 Å². The summed E-state index contributed by atoms with van der Waals surface area (Å²) in [6, 6.07) is 1.98. The molecular formula is C14H24N4O2. The van der Waals surface area contributed by atoms with Gasteiger partial charge < -0.3 is 15.7 Å². The number of aliphatic hydroxyl groups is 1. The molecule has 3 N–H and O–H groups in total. The maximum Gasteiger partial charge on any atom is 0.315 e.